The van der Waals surface area contributed by atoms with Gasteiger partial charge in [0.2, 0.25) is 0 Å². The van der Waals surface area contributed by atoms with Crippen molar-refractivity contribution in [2.75, 3.05) is 0 Å². The fraction of sp³-hybridized carbons (Fsp3) is 0.0714. The molecule has 0 aliphatic heterocycles. The van der Waals surface area contributed by atoms with Gasteiger partial charge in [0.15, 0.2) is 0 Å². The summed E-state index contributed by atoms with van der Waals surface area (Å²) in [5.41, 5.74) is 12.7. The summed E-state index contributed by atoms with van der Waals surface area (Å²) in [6.45, 7) is 0. The van der Waals surface area contributed by atoms with Crippen molar-refractivity contribution in [1.82, 2.24) is 28.7 Å². The average Bonchev–Trinajstić information content (AvgIpc) is 3.96. The van der Waals surface area contributed by atoms with Crippen LogP contribution in [0.4, 0.5) is 0 Å². The van der Waals surface area contributed by atoms with E-state index in [9.17, 15) is 0 Å². The highest BCUT2D eigenvalue weighted by Gasteiger charge is 2.26. The Morgan fingerprint density at radius 2 is 1.05 bits per heavy atom. The van der Waals surface area contributed by atoms with Crippen molar-refractivity contribution >= 4 is 99.0 Å². The summed E-state index contributed by atoms with van der Waals surface area (Å²) in [7, 11) is 0. The van der Waals surface area contributed by atoms with Crippen molar-refractivity contribution in [3.8, 4) is 11.4 Å². The molecule has 290 valence electrons. The Labute approximate surface area is 355 Å². The van der Waals surface area contributed by atoms with Gasteiger partial charge in [0, 0.05) is 44.0 Å². The van der Waals surface area contributed by atoms with Gasteiger partial charge < -0.3 is 0 Å². The van der Waals surface area contributed by atoms with Crippen molar-refractivity contribution in [2.24, 2.45) is 0 Å². The van der Waals surface area contributed by atoms with E-state index in [0.29, 0.717) is 0 Å². The number of aryl methyl sites for hydroxylation is 1. The van der Waals surface area contributed by atoms with Gasteiger partial charge in [-0.3, -0.25) is 8.80 Å². The molecule has 0 saturated carbocycles. The molecule has 8 aromatic carbocycles. The number of nitrogens with zero attached hydrogens (tertiary/aromatic N) is 6. The van der Waals surface area contributed by atoms with Crippen molar-refractivity contribution in [2.45, 2.75) is 25.2 Å². The van der Waals surface area contributed by atoms with Gasteiger partial charge in [-0.1, -0.05) is 152 Å². The molecule has 1 atom stereocenters. The van der Waals surface area contributed by atoms with Gasteiger partial charge in [-0.2, -0.15) is 0 Å². The van der Waals surface area contributed by atoms with Crippen molar-refractivity contribution in [3.63, 3.8) is 0 Å². The van der Waals surface area contributed by atoms with Crippen LogP contribution in [-0.4, -0.2) is 28.7 Å². The molecular formula is C56H36N6. The Morgan fingerprint density at radius 1 is 0.468 bits per heavy atom. The minimum Gasteiger partial charge on any atom is -0.279 e. The predicted octanol–water partition coefficient (Wildman–Crippen LogP) is 13.6. The number of para-hydroxylation sites is 1. The van der Waals surface area contributed by atoms with Gasteiger partial charge in [-0.05, 0) is 76.2 Å². The van der Waals surface area contributed by atoms with E-state index >= 15 is 0 Å². The molecule has 62 heavy (non-hydrogen) atoms. The Kier molecular flexibility index (Phi) is 6.97. The summed E-state index contributed by atoms with van der Waals surface area (Å²) >= 11 is 0. The largest absolute Gasteiger partial charge is 0.279 e. The zero-order valence-electron chi connectivity index (χ0n) is 33.6. The standard InChI is InChI=1S/C56H36N6/c1-5-23-41-37(19-1)39-21-3-7-25-43(39)51-49(41)59-55-45-27-9-11-29-47(45)57-53(61(51)55)35-17-13-15-33(31-35)34-16-14-18-36(32-34)54-58-48-30-12-10-28-46(48)56-60-50-42-24-6-2-20-38(42)40-22-4-8-26-44(40)52(50)62(54)56/h1-9,11-16,18-27,29-32,35H,10,17,28H2. The van der Waals surface area contributed by atoms with Gasteiger partial charge in [0.25, 0.3) is 0 Å². The summed E-state index contributed by atoms with van der Waals surface area (Å²) in [5.74, 6) is 1.90. The molecule has 0 bridgehead atoms. The molecule has 0 radical (unpaired) electrons. The number of allylic oxidation sites excluding steroid dienone is 5. The van der Waals surface area contributed by atoms with E-state index in [1.54, 1.807) is 0 Å². The fourth-order valence-corrected chi connectivity index (χ4v) is 10.6. The third-order valence-electron chi connectivity index (χ3n) is 13.4. The third kappa shape index (κ3) is 4.69. The predicted molar refractivity (Wildman–Crippen MR) is 256 cm³/mol. The van der Waals surface area contributed by atoms with Crippen molar-refractivity contribution in [3.05, 3.63) is 193 Å². The molecule has 6 heteroatoms. The minimum atomic E-state index is 0.00402. The highest BCUT2D eigenvalue weighted by Crippen LogP contribution is 2.42. The van der Waals surface area contributed by atoms with E-state index in [1.165, 1.54) is 37.9 Å². The Morgan fingerprint density at radius 3 is 1.76 bits per heavy atom. The first-order chi connectivity index (χ1) is 30.8. The van der Waals surface area contributed by atoms with Gasteiger partial charge in [-0.25, -0.2) is 19.9 Å². The first-order valence-corrected chi connectivity index (χ1v) is 21.6. The second-order valence-corrected chi connectivity index (χ2v) is 16.8. The van der Waals surface area contributed by atoms with E-state index in [4.69, 9.17) is 19.9 Å². The second-order valence-electron chi connectivity index (χ2n) is 16.8. The SMILES string of the molecule is C1=Cc2nc(-c3cccc(C4=CC(c5nc6ccccc6c6nc7c8ccccc8c8ccccc8c7n56)CC=C4)c3)n3c(nc4c5ccccc5c5ccccc5c43)c2CC1. The number of benzene rings is 8. The minimum absolute atomic E-state index is 0.00402. The number of aromatic nitrogens is 6. The molecule has 0 fully saturated rings. The Hall–Kier alpha value is -7.96. The van der Waals surface area contributed by atoms with Crippen LogP contribution in [0.2, 0.25) is 0 Å². The molecule has 1 unspecified atom stereocenters. The van der Waals surface area contributed by atoms with E-state index in [1.807, 2.05) is 0 Å². The summed E-state index contributed by atoms with van der Waals surface area (Å²) in [6, 6.07) is 52.2. The average molecular weight is 793 g/mol. The van der Waals surface area contributed by atoms with E-state index < -0.39 is 0 Å². The van der Waals surface area contributed by atoms with Gasteiger partial charge in [0.1, 0.15) is 22.9 Å². The lowest BCUT2D eigenvalue weighted by atomic mass is 9.90. The zero-order valence-corrected chi connectivity index (χ0v) is 33.6. The molecule has 0 N–H and O–H groups in total. The number of rotatable bonds is 3. The fourth-order valence-electron chi connectivity index (χ4n) is 10.6. The van der Waals surface area contributed by atoms with Crippen molar-refractivity contribution in [1.29, 1.82) is 0 Å². The topological polar surface area (TPSA) is 60.4 Å². The van der Waals surface area contributed by atoms with Crippen LogP contribution >= 0.6 is 0 Å². The van der Waals surface area contributed by atoms with Crippen LogP contribution in [-0.2, 0) is 6.42 Å². The molecule has 4 aromatic heterocycles. The third-order valence-corrected chi connectivity index (χ3v) is 13.4. The van der Waals surface area contributed by atoms with E-state index in [-0.39, 0.29) is 5.92 Å². The molecule has 14 rings (SSSR count). The van der Waals surface area contributed by atoms with Crippen LogP contribution in [0.25, 0.3) is 110 Å². The molecule has 0 saturated heterocycles. The van der Waals surface area contributed by atoms with Gasteiger partial charge >= 0.3 is 0 Å². The summed E-state index contributed by atoms with van der Waals surface area (Å²) < 4.78 is 4.71. The maximum absolute atomic E-state index is 5.50. The lowest BCUT2D eigenvalue weighted by molar-refractivity contribution is 0.769. The van der Waals surface area contributed by atoms with Crippen LogP contribution < -0.4 is 0 Å². The Bertz CT molecular complexity index is 4030. The first-order valence-electron chi connectivity index (χ1n) is 21.6. The maximum atomic E-state index is 5.50. The molecular weight excluding hydrogens is 757 g/mol. The quantitative estimate of drug-likeness (QED) is 0.167. The molecule has 2 aliphatic carbocycles. The highest BCUT2D eigenvalue weighted by molar-refractivity contribution is 6.25. The molecule has 2 aliphatic rings. The van der Waals surface area contributed by atoms with Crippen LogP contribution in [0.5, 0.6) is 0 Å². The maximum Gasteiger partial charge on any atom is 0.148 e. The monoisotopic (exact) mass is 792 g/mol. The molecule has 12 aromatic rings. The highest BCUT2D eigenvalue weighted by atomic mass is 15.1. The van der Waals surface area contributed by atoms with E-state index in [0.717, 1.165) is 108 Å². The normalized spacial score (nSPS) is 15.4. The molecule has 6 nitrogen and oxygen atoms in total. The van der Waals surface area contributed by atoms with Gasteiger partial charge in [0.05, 0.1) is 33.3 Å². The summed E-state index contributed by atoms with van der Waals surface area (Å²) in [4.78, 5) is 21.9. The second kappa shape index (κ2) is 12.8. The van der Waals surface area contributed by atoms with E-state index in [2.05, 4.69) is 185 Å². The zero-order chi connectivity index (χ0) is 40.5. The lowest BCUT2D eigenvalue weighted by Crippen LogP contribution is -2.09. The first kappa shape index (κ1) is 33.8. The van der Waals surface area contributed by atoms with Crippen molar-refractivity contribution < 1.29 is 0 Å². The molecule has 0 amide bonds. The number of hydrogen-bond acceptors (Lipinski definition) is 4. The number of imidazole rings is 2. The smallest absolute Gasteiger partial charge is 0.148 e. The van der Waals surface area contributed by atoms with Crippen LogP contribution in [0, 0.1) is 0 Å². The number of hydrogen-bond donors (Lipinski definition) is 0. The van der Waals surface area contributed by atoms with Crippen LogP contribution in [0.3, 0.4) is 0 Å². The number of fused-ring (bicyclic) bond motifs is 20. The molecule has 0 spiro atoms. The Balaban J connectivity index is 0.992. The summed E-state index contributed by atoms with van der Waals surface area (Å²) in [5, 5.41) is 10.6. The lowest BCUT2D eigenvalue weighted by Gasteiger charge is -2.20. The van der Waals surface area contributed by atoms with Gasteiger partial charge in [-0.15, -0.1) is 0 Å². The summed E-state index contributed by atoms with van der Waals surface area (Å²) in [6.07, 6.45) is 14.1. The van der Waals surface area contributed by atoms with Crippen LogP contribution in [0.1, 0.15) is 41.4 Å². The molecule has 4 heterocycles. The van der Waals surface area contributed by atoms with Crippen LogP contribution in [0.15, 0.2) is 170 Å².